The van der Waals surface area contributed by atoms with E-state index in [0.29, 0.717) is 0 Å². The highest BCUT2D eigenvalue weighted by Gasteiger charge is 2.30. The van der Waals surface area contributed by atoms with Gasteiger partial charge < -0.3 is 14.8 Å². The first-order valence-corrected chi connectivity index (χ1v) is 6.46. The molecule has 0 radical (unpaired) electrons. The van der Waals surface area contributed by atoms with E-state index in [2.05, 4.69) is 30.1 Å². The van der Waals surface area contributed by atoms with Crippen molar-refractivity contribution in [2.75, 3.05) is 19.0 Å². The molecule has 0 aliphatic carbocycles. The van der Waals surface area contributed by atoms with Crippen molar-refractivity contribution in [2.45, 2.75) is 12.9 Å². The number of anilines is 1. The minimum absolute atomic E-state index is 0.0865. The zero-order valence-corrected chi connectivity index (χ0v) is 12.5. The number of methoxy groups -OCH3 is 1. The number of carbonyl (C=O) groups is 1. The Morgan fingerprint density at radius 2 is 2.24 bits per heavy atom. The lowest BCUT2D eigenvalue weighted by molar-refractivity contribution is -0.386. The van der Waals surface area contributed by atoms with Gasteiger partial charge in [-0.25, -0.2) is 4.68 Å². The van der Waals surface area contributed by atoms with Gasteiger partial charge in [0.15, 0.2) is 0 Å². The zero-order valence-electron chi connectivity index (χ0n) is 12.5. The minimum atomic E-state index is -4.47. The molecule has 136 valence electrons. The second-order valence-electron chi connectivity index (χ2n) is 4.53. The topological polar surface area (TPSA) is 137 Å². The molecule has 11 nitrogen and oxygen atoms in total. The Morgan fingerprint density at radius 3 is 2.84 bits per heavy atom. The minimum Gasteiger partial charge on any atom is -0.475 e. The predicted octanol–water partition coefficient (Wildman–Crippen LogP) is 1.31. The third-order valence-corrected chi connectivity index (χ3v) is 2.69. The molecule has 0 fully saturated rings. The van der Waals surface area contributed by atoms with Crippen LogP contribution in [0.2, 0.25) is 0 Å². The lowest BCUT2D eigenvalue weighted by Crippen LogP contribution is -2.18. The Bertz CT molecular complexity index is 771. The summed E-state index contributed by atoms with van der Waals surface area (Å²) in [5.41, 5.74) is -1.02. The van der Waals surface area contributed by atoms with Crippen molar-refractivity contribution in [3.8, 4) is 5.88 Å². The number of carbonyl (C=O) groups excluding carboxylic acids is 1. The number of ether oxygens (including phenoxy) is 2. The van der Waals surface area contributed by atoms with Crippen molar-refractivity contribution >= 4 is 17.3 Å². The summed E-state index contributed by atoms with van der Waals surface area (Å²) in [6.45, 7) is -1.94. The third-order valence-electron chi connectivity index (χ3n) is 2.69. The molecule has 0 aliphatic rings. The van der Waals surface area contributed by atoms with Gasteiger partial charge in [-0.3, -0.25) is 20.0 Å². The van der Waals surface area contributed by atoms with Gasteiger partial charge in [0.25, 0.3) is 5.91 Å². The normalized spacial score (nSPS) is 11.4. The van der Waals surface area contributed by atoms with Crippen LogP contribution in [-0.2, 0) is 11.5 Å². The number of nitro groups is 1. The quantitative estimate of drug-likeness (QED) is 0.558. The van der Waals surface area contributed by atoms with Gasteiger partial charge >= 0.3 is 17.7 Å². The molecular weight excluding hydrogens is 353 g/mol. The first kappa shape index (κ1) is 18.2. The van der Waals surface area contributed by atoms with Crippen LogP contribution < -0.4 is 10.1 Å². The van der Waals surface area contributed by atoms with Crippen LogP contribution in [0, 0.1) is 10.1 Å². The van der Waals surface area contributed by atoms with E-state index in [4.69, 9.17) is 0 Å². The fourth-order valence-corrected chi connectivity index (χ4v) is 1.74. The monoisotopic (exact) mass is 364 g/mol. The van der Waals surface area contributed by atoms with Crippen molar-refractivity contribution in [2.24, 2.45) is 0 Å². The number of hydrogen-bond acceptors (Lipinski definition) is 7. The number of nitrogens with zero attached hydrogens (tertiary/aromatic N) is 4. The summed E-state index contributed by atoms with van der Waals surface area (Å²) >= 11 is 0. The maximum Gasteiger partial charge on any atom is 0.411 e. The summed E-state index contributed by atoms with van der Waals surface area (Å²) in [6.07, 6.45) is -2.15. The van der Waals surface area contributed by atoms with Crippen molar-refractivity contribution < 1.29 is 32.4 Å². The van der Waals surface area contributed by atoms with E-state index < -0.39 is 41.7 Å². The number of halogens is 3. The van der Waals surface area contributed by atoms with Crippen molar-refractivity contribution in [1.29, 1.82) is 0 Å². The molecular formula is C11H11F3N6O5. The highest BCUT2D eigenvalue weighted by atomic mass is 19.4. The second-order valence-corrected chi connectivity index (χ2v) is 4.53. The summed E-state index contributed by atoms with van der Waals surface area (Å²) in [7, 11) is 1.15. The molecule has 0 saturated carbocycles. The van der Waals surface area contributed by atoms with E-state index in [9.17, 15) is 28.1 Å². The second kappa shape index (κ2) is 7.16. The van der Waals surface area contributed by atoms with E-state index >= 15 is 0 Å². The largest absolute Gasteiger partial charge is 0.475 e. The van der Waals surface area contributed by atoms with Crippen LogP contribution >= 0.6 is 0 Å². The summed E-state index contributed by atoms with van der Waals surface area (Å²) in [6, 6.07) is 0. The number of nitrogens with one attached hydrogen (secondary N) is 2. The van der Waals surface area contributed by atoms with Crippen molar-refractivity contribution in [3.63, 3.8) is 0 Å². The maximum atomic E-state index is 12.1. The van der Waals surface area contributed by atoms with Crippen LogP contribution in [0.4, 0.5) is 24.5 Å². The molecule has 0 bridgehead atoms. The van der Waals surface area contributed by atoms with Crippen LogP contribution in [0.1, 0.15) is 10.5 Å². The smallest absolute Gasteiger partial charge is 0.411 e. The lowest BCUT2D eigenvalue weighted by atomic mass is 10.3. The van der Waals surface area contributed by atoms with Gasteiger partial charge in [0.05, 0.1) is 30.1 Å². The fraction of sp³-hybridized carbons (Fsp3) is 0.364. The van der Waals surface area contributed by atoms with E-state index in [0.717, 1.165) is 18.0 Å². The van der Waals surface area contributed by atoms with Crippen LogP contribution in [0.25, 0.3) is 0 Å². The molecule has 2 aromatic rings. The molecule has 2 aromatic heterocycles. The van der Waals surface area contributed by atoms with Crippen LogP contribution in [0.3, 0.4) is 0 Å². The van der Waals surface area contributed by atoms with Gasteiger partial charge in [-0.05, 0) is 0 Å². The maximum absolute atomic E-state index is 12.1. The van der Waals surface area contributed by atoms with E-state index in [-0.39, 0.29) is 11.6 Å². The fourth-order valence-electron chi connectivity index (χ4n) is 1.74. The number of aromatic nitrogens is 4. The predicted molar refractivity (Wildman–Crippen MR) is 74.0 cm³/mol. The van der Waals surface area contributed by atoms with Gasteiger partial charge in [0.2, 0.25) is 5.69 Å². The summed E-state index contributed by atoms with van der Waals surface area (Å²) in [5.74, 6) is -1.27. The van der Waals surface area contributed by atoms with Crippen molar-refractivity contribution in [1.82, 2.24) is 20.0 Å². The highest BCUT2D eigenvalue weighted by molar-refractivity contribution is 6.06. The summed E-state index contributed by atoms with van der Waals surface area (Å²) in [4.78, 5) is 22.2. The molecule has 0 atom stereocenters. The Morgan fingerprint density at radius 1 is 1.52 bits per heavy atom. The van der Waals surface area contributed by atoms with Gasteiger partial charge in [0, 0.05) is 0 Å². The first-order chi connectivity index (χ1) is 11.7. The number of rotatable bonds is 7. The zero-order chi connectivity index (χ0) is 18.6. The van der Waals surface area contributed by atoms with Crippen molar-refractivity contribution in [3.05, 3.63) is 28.2 Å². The van der Waals surface area contributed by atoms with Gasteiger partial charge in [-0.1, -0.05) is 0 Å². The van der Waals surface area contributed by atoms with Gasteiger partial charge in [0.1, 0.15) is 13.3 Å². The number of alkyl halides is 3. The molecule has 1 amide bonds. The number of hydrogen-bond donors (Lipinski definition) is 2. The van der Waals surface area contributed by atoms with E-state index in [1.54, 1.807) is 0 Å². The molecule has 2 N–H and O–H groups in total. The molecule has 0 unspecified atom stereocenters. The highest BCUT2D eigenvalue weighted by Crippen LogP contribution is 2.28. The molecule has 2 heterocycles. The third kappa shape index (κ3) is 4.66. The Balaban J connectivity index is 2.02. The number of amides is 1. The van der Waals surface area contributed by atoms with Gasteiger partial charge in [-0.15, -0.1) is 5.10 Å². The van der Waals surface area contributed by atoms with Crippen LogP contribution in [0.15, 0.2) is 12.4 Å². The number of aromatic amines is 1. The first-order valence-electron chi connectivity index (χ1n) is 6.46. The molecule has 25 heavy (non-hydrogen) atoms. The standard InChI is InChI=1S/C11H11F3N6O5/c1-24-10-8(20(22)23)7(17-18-10)9(21)16-6-2-15-19(3-6)5-25-4-11(12,13)14/h2-3H,4-5H2,1H3,(H,16,21)(H,17,18). The SMILES string of the molecule is COc1n[nH]c(C(=O)Nc2cnn(COCC(F)(F)F)c2)c1[N+](=O)[O-]. The molecule has 14 heteroatoms. The van der Waals surface area contributed by atoms with Gasteiger partial charge in [-0.2, -0.15) is 18.3 Å². The molecule has 0 spiro atoms. The molecule has 0 aromatic carbocycles. The Labute approximate surface area is 136 Å². The molecule has 2 rings (SSSR count). The van der Waals surface area contributed by atoms with Crippen LogP contribution in [0.5, 0.6) is 5.88 Å². The Hall–Kier alpha value is -3.16. The van der Waals surface area contributed by atoms with E-state index in [1.165, 1.54) is 6.20 Å². The molecule has 0 saturated heterocycles. The summed E-state index contributed by atoms with van der Waals surface area (Å²) in [5, 5.41) is 22.6. The van der Waals surface area contributed by atoms with Crippen LogP contribution in [-0.4, -0.2) is 50.7 Å². The molecule has 0 aliphatic heterocycles. The summed E-state index contributed by atoms with van der Waals surface area (Å²) < 4.78 is 46.0. The van der Waals surface area contributed by atoms with E-state index in [1.807, 2.05) is 0 Å². The number of H-pyrrole nitrogens is 1. The average molecular weight is 364 g/mol. The average Bonchev–Trinajstić information content (AvgIpc) is 3.12. The Kier molecular flexibility index (Phi) is 5.21. The lowest BCUT2D eigenvalue weighted by Gasteiger charge is -2.07.